The lowest BCUT2D eigenvalue weighted by Gasteiger charge is -2.27. The van der Waals surface area contributed by atoms with E-state index in [9.17, 15) is 9.59 Å². The minimum absolute atomic E-state index is 0.0957. The molecule has 2 rings (SSSR count). The third kappa shape index (κ3) is 8.05. The minimum Gasteiger partial charge on any atom is -0.488 e. The van der Waals surface area contributed by atoms with Crippen LogP contribution in [0.1, 0.15) is 38.8 Å². The van der Waals surface area contributed by atoms with Crippen molar-refractivity contribution in [3.63, 3.8) is 0 Å². The van der Waals surface area contributed by atoms with E-state index in [1.807, 2.05) is 24.3 Å². The van der Waals surface area contributed by atoms with Crippen molar-refractivity contribution >= 4 is 35.1 Å². The van der Waals surface area contributed by atoms with Crippen molar-refractivity contribution in [2.75, 3.05) is 26.4 Å². The van der Waals surface area contributed by atoms with Gasteiger partial charge in [-0.15, -0.1) is 0 Å². The number of halogens is 2. The maximum Gasteiger partial charge on any atom is 0.333 e. The summed E-state index contributed by atoms with van der Waals surface area (Å²) < 4.78 is 21.3. The average molecular weight is 521 g/mol. The van der Waals surface area contributed by atoms with Gasteiger partial charge >= 0.3 is 11.9 Å². The predicted octanol–water partition coefficient (Wildman–Crippen LogP) is 6.32. The maximum atomic E-state index is 11.4. The summed E-state index contributed by atoms with van der Waals surface area (Å²) in [5.41, 5.74) is 2.16. The molecule has 188 valence electrons. The molecule has 0 saturated heterocycles. The molecule has 0 aliphatic heterocycles. The predicted molar refractivity (Wildman–Crippen MR) is 138 cm³/mol. The van der Waals surface area contributed by atoms with Gasteiger partial charge in [0, 0.05) is 16.6 Å². The van der Waals surface area contributed by atoms with E-state index in [1.165, 1.54) is 0 Å². The third-order valence-electron chi connectivity index (χ3n) is 5.15. The fraction of sp³-hybridized carbons (Fsp3) is 0.333. The van der Waals surface area contributed by atoms with Gasteiger partial charge in [-0.05, 0) is 49.2 Å². The molecule has 0 aromatic heterocycles. The number of carbonyl (C=O) groups excluding carboxylic acids is 2. The Kier molecular flexibility index (Phi) is 10.2. The Morgan fingerprint density at radius 3 is 1.43 bits per heavy atom. The van der Waals surface area contributed by atoms with Crippen LogP contribution < -0.4 is 9.47 Å². The summed E-state index contributed by atoms with van der Waals surface area (Å²) in [5.74, 6) is 0.0645. The fourth-order valence-corrected chi connectivity index (χ4v) is 3.47. The number of hydrogen-bond acceptors (Lipinski definition) is 6. The third-order valence-corrected chi connectivity index (χ3v) is 5.74. The van der Waals surface area contributed by atoms with Gasteiger partial charge in [-0.2, -0.15) is 0 Å². The molecule has 0 amide bonds. The van der Waals surface area contributed by atoms with E-state index >= 15 is 0 Å². The Labute approximate surface area is 216 Å². The van der Waals surface area contributed by atoms with Gasteiger partial charge in [0.15, 0.2) is 0 Å². The van der Waals surface area contributed by atoms with Crippen LogP contribution in [0.5, 0.6) is 11.5 Å². The molecule has 2 aromatic rings. The highest BCUT2D eigenvalue weighted by atomic mass is 35.5. The Balaban J connectivity index is 2.01. The number of carbonyl (C=O) groups is 2. The fourth-order valence-electron chi connectivity index (χ4n) is 3.00. The Morgan fingerprint density at radius 1 is 0.743 bits per heavy atom. The van der Waals surface area contributed by atoms with Crippen molar-refractivity contribution in [2.24, 2.45) is 0 Å². The van der Waals surface area contributed by atoms with Crippen LogP contribution in [0.2, 0.25) is 10.0 Å². The Hall–Kier alpha value is -2.96. The van der Waals surface area contributed by atoms with Crippen LogP contribution in [0, 0.1) is 0 Å². The first-order valence-corrected chi connectivity index (χ1v) is 11.7. The summed E-state index contributed by atoms with van der Waals surface area (Å²) in [5, 5.41) is 0.884. The van der Waals surface area contributed by atoms with Crippen LogP contribution in [-0.4, -0.2) is 38.4 Å². The van der Waals surface area contributed by atoms with Crippen LogP contribution in [0.3, 0.4) is 0 Å². The number of ether oxygens (including phenoxy) is 4. The van der Waals surface area contributed by atoms with Crippen LogP contribution >= 0.6 is 23.2 Å². The average Bonchev–Trinajstić information content (AvgIpc) is 2.80. The summed E-state index contributed by atoms with van der Waals surface area (Å²) in [6.07, 6.45) is 0. The van der Waals surface area contributed by atoms with Crippen molar-refractivity contribution in [1.29, 1.82) is 0 Å². The summed E-state index contributed by atoms with van der Waals surface area (Å²) in [6, 6.07) is 11.1. The van der Waals surface area contributed by atoms with Crippen molar-refractivity contribution < 1.29 is 28.5 Å². The molecule has 0 aliphatic rings. The van der Waals surface area contributed by atoms with Gasteiger partial charge in [0.05, 0.1) is 10.0 Å². The van der Waals surface area contributed by atoms with E-state index in [4.69, 9.17) is 42.1 Å². The second-order valence-electron chi connectivity index (χ2n) is 8.44. The molecule has 0 atom stereocenters. The van der Waals surface area contributed by atoms with Gasteiger partial charge in [0.25, 0.3) is 0 Å². The molecule has 8 heteroatoms. The molecular weight excluding hydrogens is 491 g/mol. The molecule has 0 aliphatic carbocycles. The number of rotatable bonds is 12. The standard InChI is InChI=1S/C27H30Cl2O6/c1-17(2)25(30)34-13-11-32-23-9-7-19(15-21(23)28)27(5,6)20-8-10-24(22(29)16-20)33-12-14-35-26(31)18(3)4/h7-10,15-16H,1,3,11-14H2,2,4-6H3. The van der Waals surface area contributed by atoms with E-state index in [2.05, 4.69) is 27.0 Å². The molecule has 0 heterocycles. The van der Waals surface area contributed by atoms with E-state index in [1.54, 1.807) is 26.0 Å². The molecular formula is C27H30Cl2O6. The van der Waals surface area contributed by atoms with Crippen LogP contribution in [-0.2, 0) is 24.5 Å². The van der Waals surface area contributed by atoms with Crippen LogP contribution in [0.15, 0.2) is 60.7 Å². The summed E-state index contributed by atoms with van der Waals surface area (Å²) >= 11 is 12.9. The molecule has 35 heavy (non-hydrogen) atoms. The Morgan fingerprint density at radius 2 is 1.11 bits per heavy atom. The first-order valence-electron chi connectivity index (χ1n) is 10.9. The maximum absolute atomic E-state index is 11.4. The lowest BCUT2D eigenvalue weighted by molar-refractivity contribution is -0.140. The largest absolute Gasteiger partial charge is 0.488 e. The van der Waals surface area contributed by atoms with Crippen LogP contribution in [0.4, 0.5) is 0 Å². The number of benzene rings is 2. The van der Waals surface area contributed by atoms with Gasteiger partial charge in [0.1, 0.15) is 37.9 Å². The molecule has 2 aromatic carbocycles. The second-order valence-corrected chi connectivity index (χ2v) is 9.26. The highest BCUT2D eigenvalue weighted by Gasteiger charge is 2.25. The van der Waals surface area contributed by atoms with Gasteiger partial charge in [0.2, 0.25) is 0 Å². The quantitative estimate of drug-likeness (QED) is 0.185. The highest BCUT2D eigenvalue weighted by Crippen LogP contribution is 2.38. The number of hydrogen-bond donors (Lipinski definition) is 0. The van der Waals surface area contributed by atoms with Crippen molar-refractivity contribution in [2.45, 2.75) is 33.1 Å². The molecule has 0 N–H and O–H groups in total. The lowest BCUT2D eigenvalue weighted by Crippen LogP contribution is -2.19. The topological polar surface area (TPSA) is 71.1 Å². The lowest BCUT2D eigenvalue weighted by atomic mass is 9.78. The van der Waals surface area contributed by atoms with Crippen molar-refractivity contribution in [3.05, 3.63) is 81.9 Å². The van der Waals surface area contributed by atoms with Gasteiger partial charge in [-0.3, -0.25) is 0 Å². The summed E-state index contributed by atoms with van der Waals surface area (Å²) in [4.78, 5) is 22.9. The van der Waals surface area contributed by atoms with E-state index in [0.717, 1.165) is 11.1 Å². The molecule has 6 nitrogen and oxygen atoms in total. The molecule has 0 fully saturated rings. The van der Waals surface area contributed by atoms with Gasteiger partial charge in [-0.1, -0.05) is 62.3 Å². The Bertz CT molecular complexity index is 1020. The molecule has 0 radical (unpaired) electrons. The molecule has 0 bridgehead atoms. The van der Waals surface area contributed by atoms with Crippen LogP contribution in [0.25, 0.3) is 0 Å². The minimum atomic E-state index is -0.460. The van der Waals surface area contributed by atoms with E-state index < -0.39 is 17.4 Å². The molecule has 0 unspecified atom stereocenters. The normalized spacial score (nSPS) is 10.9. The van der Waals surface area contributed by atoms with E-state index in [0.29, 0.717) is 32.7 Å². The number of esters is 2. The summed E-state index contributed by atoms with van der Waals surface area (Å²) in [7, 11) is 0. The highest BCUT2D eigenvalue weighted by molar-refractivity contribution is 6.32. The van der Waals surface area contributed by atoms with E-state index in [-0.39, 0.29) is 26.4 Å². The zero-order valence-corrected chi connectivity index (χ0v) is 21.9. The second kappa shape index (κ2) is 12.7. The molecule has 0 spiro atoms. The summed E-state index contributed by atoms with van der Waals surface area (Å²) in [6.45, 7) is 14.9. The first kappa shape index (κ1) is 28.3. The van der Waals surface area contributed by atoms with Gasteiger partial charge in [-0.25, -0.2) is 9.59 Å². The smallest absolute Gasteiger partial charge is 0.333 e. The van der Waals surface area contributed by atoms with Crippen molar-refractivity contribution in [1.82, 2.24) is 0 Å². The van der Waals surface area contributed by atoms with Crippen molar-refractivity contribution in [3.8, 4) is 11.5 Å². The molecule has 0 saturated carbocycles. The van der Waals surface area contributed by atoms with Gasteiger partial charge < -0.3 is 18.9 Å². The first-order chi connectivity index (χ1) is 16.4. The SMILES string of the molecule is C=C(C)C(=O)OCCOc1ccc(C(C)(C)c2ccc(OCCOC(=O)C(=C)C)c(Cl)c2)cc1Cl. The monoisotopic (exact) mass is 520 g/mol. The zero-order valence-electron chi connectivity index (χ0n) is 20.4. The zero-order chi connectivity index (χ0) is 26.2.